The first kappa shape index (κ1) is 27.4. The van der Waals surface area contributed by atoms with Crippen LogP contribution < -0.4 is 10.2 Å². The Labute approximate surface area is 230 Å². The van der Waals surface area contributed by atoms with Crippen molar-refractivity contribution < 1.29 is 36.0 Å². The second kappa shape index (κ2) is 10.1. The lowest BCUT2D eigenvalue weighted by Gasteiger charge is -2.29. The highest BCUT2D eigenvalue weighted by Crippen LogP contribution is 2.40. The third kappa shape index (κ3) is 5.20. The lowest BCUT2D eigenvalue weighted by atomic mass is 9.96. The smallest absolute Gasteiger partial charge is 0.348 e. The van der Waals surface area contributed by atoms with Crippen LogP contribution in [0.15, 0.2) is 47.8 Å². The van der Waals surface area contributed by atoms with E-state index < -0.39 is 51.1 Å². The minimum Gasteiger partial charge on any atom is -0.348 e. The van der Waals surface area contributed by atoms with Gasteiger partial charge in [0, 0.05) is 22.5 Å². The van der Waals surface area contributed by atoms with Gasteiger partial charge >= 0.3 is 6.18 Å². The molecule has 1 saturated heterocycles. The molecule has 0 saturated carbocycles. The topological polar surface area (TPSA) is 101 Å². The first-order chi connectivity index (χ1) is 18.4. The van der Waals surface area contributed by atoms with Gasteiger partial charge in [-0.3, -0.25) is 14.4 Å². The third-order valence-electron chi connectivity index (χ3n) is 6.71. The molecule has 2 aliphatic rings. The van der Waals surface area contributed by atoms with Crippen molar-refractivity contribution in [3.63, 3.8) is 0 Å². The molecule has 1 fully saturated rings. The molecule has 0 spiro atoms. The van der Waals surface area contributed by atoms with Crippen LogP contribution in [0.3, 0.4) is 0 Å². The number of hydrogen-bond acceptors (Lipinski definition) is 6. The predicted octanol–water partition coefficient (Wildman–Crippen LogP) is 4.67. The van der Waals surface area contributed by atoms with E-state index in [1.807, 2.05) is 0 Å². The van der Waals surface area contributed by atoms with Crippen molar-refractivity contribution in [3.8, 4) is 10.4 Å². The molecule has 39 heavy (non-hydrogen) atoms. The van der Waals surface area contributed by atoms with Crippen LogP contribution in [0.5, 0.6) is 0 Å². The molecular weight excluding hydrogens is 577 g/mol. The highest BCUT2D eigenvalue weighted by Gasteiger charge is 2.39. The molecule has 2 aliphatic heterocycles. The number of fused-ring (bicyclic) bond motifs is 1. The van der Waals surface area contributed by atoms with Crippen molar-refractivity contribution >= 4 is 56.1 Å². The number of thiophene rings is 1. The van der Waals surface area contributed by atoms with Gasteiger partial charge in [-0.15, -0.1) is 22.9 Å². The maximum atomic E-state index is 13.3. The SMILES string of the molecule is O=C(c1cccc(C(F)(F)F)c1)c1ccsc1-c1cc2c(c(N(C(=O)CCl)[C@H]3CCS(=O)(=O)C3)c1)C(=O)NC2. The van der Waals surface area contributed by atoms with Gasteiger partial charge in [0.2, 0.25) is 5.91 Å². The number of benzene rings is 2. The summed E-state index contributed by atoms with van der Waals surface area (Å²) in [4.78, 5) is 40.8. The number of rotatable bonds is 6. The fourth-order valence-electron chi connectivity index (χ4n) is 4.95. The number of nitrogens with one attached hydrogen (secondary N) is 1. The molecule has 5 rings (SSSR count). The molecule has 2 aromatic carbocycles. The molecule has 0 bridgehead atoms. The summed E-state index contributed by atoms with van der Waals surface area (Å²) in [6.45, 7) is 0.142. The van der Waals surface area contributed by atoms with Gasteiger partial charge in [0.25, 0.3) is 5.91 Å². The van der Waals surface area contributed by atoms with Crippen LogP contribution in [0, 0.1) is 0 Å². The number of halogens is 4. The minimum atomic E-state index is -4.62. The van der Waals surface area contributed by atoms with E-state index in [-0.39, 0.29) is 46.8 Å². The highest BCUT2D eigenvalue weighted by atomic mass is 35.5. The summed E-state index contributed by atoms with van der Waals surface area (Å²) in [6, 6.07) is 8.13. The van der Waals surface area contributed by atoms with Crippen molar-refractivity contribution in [3.05, 3.63) is 75.7 Å². The van der Waals surface area contributed by atoms with Crippen LogP contribution in [-0.2, 0) is 27.4 Å². The molecule has 204 valence electrons. The Hall–Kier alpha value is -3.22. The number of sulfone groups is 1. The number of anilines is 1. The zero-order valence-electron chi connectivity index (χ0n) is 20.0. The summed E-state index contributed by atoms with van der Waals surface area (Å²) in [5.41, 5.74) is 0.445. The quantitative estimate of drug-likeness (QED) is 0.329. The Balaban J connectivity index is 1.63. The van der Waals surface area contributed by atoms with Crippen molar-refractivity contribution in [1.29, 1.82) is 0 Å². The summed E-state index contributed by atoms with van der Waals surface area (Å²) in [7, 11) is -3.39. The molecule has 7 nitrogen and oxygen atoms in total. The molecule has 0 radical (unpaired) electrons. The molecule has 1 N–H and O–H groups in total. The summed E-state index contributed by atoms with van der Waals surface area (Å²) in [5, 5.41) is 4.32. The standard InChI is InChI=1S/C26H20ClF3N2O5S2/c27-11-21(33)32(18-5-7-39(36,37)13-18)20-10-15(8-16-12-31-25(35)22(16)20)24-19(4-6-38-24)23(34)14-2-1-3-17(9-14)26(28,29)30/h1-4,6,8-10,18H,5,7,11-13H2,(H,31,35)/t18-/m0/s1. The average molecular weight is 597 g/mol. The van der Waals surface area contributed by atoms with Gasteiger partial charge in [-0.05, 0) is 53.3 Å². The van der Waals surface area contributed by atoms with Crippen LogP contribution in [0.1, 0.15) is 43.8 Å². The number of carbonyl (C=O) groups excluding carboxylic acids is 3. The van der Waals surface area contributed by atoms with Gasteiger partial charge in [-0.1, -0.05) is 12.1 Å². The summed E-state index contributed by atoms with van der Waals surface area (Å²) in [6.07, 6.45) is -4.45. The summed E-state index contributed by atoms with van der Waals surface area (Å²) >= 11 is 7.06. The number of nitrogens with zero attached hydrogens (tertiary/aromatic N) is 1. The molecule has 2 amide bonds. The first-order valence-electron chi connectivity index (χ1n) is 11.7. The maximum Gasteiger partial charge on any atom is 0.416 e. The Bertz CT molecular complexity index is 1620. The average Bonchev–Trinajstić information content (AvgIpc) is 3.62. The normalized spacial score (nSPS) is 18.1. The van der Waals surface area contributed by atoms with Crippen LogP contribution in [-0.4, -0.2) is 49.4 Å². The van der Waals surface area contributed by atoms with E-state index in [0.717, 1.165) is 18.2 Å². The molecule has 3 aromatic rings. The largest absolute Gasteiger partial charge is 0.416 e. The second-order valence-electron chi connectivity index (χ2n) is 9.24. The van der Waals surface area contributed by atoms with Gasteiger partial charge in [0.05, 0.1) is 34.4 Å². The number of alkyl halides is 4. The van der Waals surface area contributed by atoms with E-state index >= 15 is 0 Å². The molecule has 13 heteroatoms. The predicted molar refractivity (Wildman–Crippen MR) is 141 cm³/mol. The molecule has 0 unspecified atom stereocenters. The highest BCUT2D eigenvalue weighted by molar-refractivity contribution is 7.91. The van der Waals surface area contributed by atoms with E-state index in [1.54, 1.807) is 11.4 Å². The lowest BCUT2D eigenvalue weighted by molar-refractivity contribution is -0.137. The monoisotopic (exact) mass is 596 g/mol. The Morgan fingerprint density at radius 3 is 2.59 bits per heavy atom. The Kier molecular flexibility index (Phi) is 7.06. The van der Waals surface area contributed by atoms with Crippen molar-refractivity contribution in [2.45, 2.75) is 25.2 Å². The van der Waals surface area contributed by atoms with Crippen molar-refractivity contribution in [1.82, 2.24) is 5.32 Å². The van der Waals surface area contributed by atoms with Crippen LogP contribution >= 0.6 is 22.9 Å². The number of amides is 2. The van der Waals surface area contributed by atoms with Crippen LogP contribution in [0.25, 0.3) is 10.4 Å². The first-order valence-corrected chi connectivity index (χ1v) is 15.0. The molecule has 1 aromatic heterocycles. The van der Waals surface area contributed by atoms with Crippen LogP contribution in [0.2, 0.25) is 0 Å². The number of hydrogen-bond donors (Lipinski definition) is 1. The summed E-state index contributed by atoms with van der Waals surface area (Å²) in [5.74, 6) is -2.48. The van der Waals surface area contributed by atoms with Gasteiger partial charge in [0.1, 0.15) is 5.88 Å². The lowest BCUT2D eigenvalue weighted by Crippen LogP contribution is -2.43. The van der Waals surface area contributed by atoms with Gasteiger partial charge in [-0.25, -0.2) is 8.42 Å². The zero-order valence-corrected chi connectivity index (χ0v) is 22.4. The number of carbonyl (C=O) groups is 3. The Morgan fingerprint density at radius 1 is 1.15 bits per heavy atom. The van der Waals surface area contributed by atoms with Gasteiger partial charge < -0.3 is 10.2 Å². The van der Waals surface area contributed by atoms with Crippen molar-refractivity contribution in [2.75, 3.05) is 22.3 Å². The fourth-order valence-corrected chi connectivity index (χ4v) is 7.66. The molecular formula is C26H20ClF3N2O5S2. The third-order valence-corrected chi connectivity index (χ3v) is 9.65. The summed E-state index contributed by atoms with van der Waals surface area (Å²) < 4.78 is 64.2. The Morgan fingerprint density at radius 2 is 1.92 bits per heavy atom. The van der Waals surface area contributed by atoms with E-state index in [0.29, 0.717) is 16.0 Å². The minimum absolute atomic E-state index is 0.113. The molecule has 1 atom stereocenters. The molecule has 0 aliphatic carbocycles. The van der Waals surface area contributed by atoms with Crippen molar-refractivity contribution in [2.24, 2.45) is 0 Å². The van der Waals surface area contributed by atoms with Crippen LogP contribution in [0.4, 0.5) is 18.9 Å². The fraction of sp³-hybridized carbons (Fsp3) is 0.269. The number of ketones is 1. The molecule has 3 heterocycles. The second-order valence-corrected chi connectivity index (χ2v) is 12.6. The van der Waals surface area contributed by atoms with E-state index in [4.69, 9.17) is 11.6 Å². The van der Waals surface area contributed by atoms with E-state index in [2.05, 4.69) is 5.32 Å². The zero-order chi connectivity index (χ0) is 28.1. The van der Waals surface area contributed by atoms with E-state index in [1.165, 1.54) is 34.4 Å². The van der Waals surface area contributed by atoms with Gasteiger partial charge in [-0.2, -0.15) is 13.2 Å². The van der Waals surface area contributed by atoms with Gasteiger partial charge in [0.15, 0.2) is 15.6 Å². The van der Waals surface area contributed by atoms with E-state index in [9.17, 15) is 36.0 Å². The maximum absolute atomic E-state index is 13.3.